The monoisotopic (exact) mass is 598 g/mol. The Bertz CT molecular complexity index is 1310. The quantitative estimate of drug-likeness (QED) is 0.266. The predicted octanol–water partition coefficient (Wildman–Crippen LogP) is 3.58. The number of carbonyl (C=O) groups excluding carboxylic acids is 3. The molecule has 8 atom stereocenters. The van der Waals surface area contributed by atoms with Gasteiger partial charge in [0.1, 0.15) is 11.9 Å². The van der Waals surface area contributed by atoms with Crippen molar-refractivity contribution in [3.63, 3.8) is 0 Å². The number of hydrogen-bond donors (Lipinski definition) is 2. The van der Waals surface area contributed by atoms with Crippen molar-refractivity contribution in [2.75, 3.05) is 6.61 Å². The van der Waals surface area contributed by atoms with Crippen molar-refractivity contribution < 1.29 is 38.4 Å². The van der Waals surface area contributed by atoms with Crippen LogP contribution in [0.3, 0.4) is 0 Å². The highest BCUT2D eigenvalue weighted by molar-refractivity contribution is 6.67. The van der Waals surface area contributed by atoms with Gasteiger partial charge in [0, 0.05) is 17.8 Å². The van der Waals surface area contributed by atoms with Crippen molar-refractivity contribution in [1.82, 2.24) is 4.92 Å². The topological polar surface area (TPSA) is 126 Å². The standard InChI is InChI=1S/C32H44BFN2O7/c1-8-30(6)15-27(31(7)18-32(12-11-19(31)2,20(3)29(30)40)14-26(34)21(4)37)43-28(39)17-42-24-10-9-23-16-35-36(22(5)38)33(41)25(23)13-24/h8-10,13,16,19-20,26-27,29,40-41H,1,11-12,14-15,17-18H2,2-7H3/t19-,20+,26+,27-,29+,30-,31+,32-/m1/s1. The van der Waals surface area contributed by atoms with Gasteiger partial charge in [0.25, 0.3) is 0 Å². The minimum absolute atomic E-state index is 0.00974. The second kappa shape index (κ2) is 12.2. The van der Waals surface area contributed by atoms with Crippen LogP contribution in [0, 0.1) is 28.1 Å². The third-order valence-electron chi connectivity index (χ3n) is 10.7. The molecule has 2 N–H and O–H groups in total. The van der Waals surface area contributed by atoms with E-state index in [0.717, 1.165) is 11.3 Å². The van der Waals surface area contributed by atoms with Gasteiger partial charge in [-0.25, -0.2) is 14.1 Å². The summed E-state index contributed by atoms with van der Waals surface area (Å²) < 4.78 is 27.0. The Morgan fingerprint density at radius 3 is 2.60 bits per heavy atom. The van der Waals surface area contributed by atoms with Crippen molar-refractivity contribution in [1.29, 1.82) is 0 Å². The molecule has 2 fully saturated rings. The molecule has 0 aromatic heterocycles. The zero-order chi connectivity index (χ0) is 31.9. The van der Waals surface area contributed by atoms with Gasteiger partial charge in [-0.2, -0.15) is 5.10 Å². The lowest BCUT2D eigenvalue weighted by molar-refractivity contribution is -0.192. The summed E-state index contributed by atoms with van der Waals surface area (Å²) in [5.74, 6) is -1.45. The number of nitrogens with zero attached hydrogens (tertiary/aromatic N) is 2. The lowest BCUT2D eigenvalue weighted by Gasteiger charge is -2.60. The van der Waals surface area contributed by atoms with Crippen LogP contribution in [-0.4, -0.2) is 71.0 Å². The molecule has 234 valence electrons. The van der Waals surface area contributed by atoms with E-state index < -0.39 is 65.9 Å². The smallest absolute Gasteiger partial charge is 0.474 e. The number of amides is 1. The number of benzene rings is 1. The fraction of sp³-hybridized carbons (Fsp3) is 0.625. The molecular formula is C32H44BFN2O7. The highest BCUT2D eigenvalue weighted by atomic mass is 19.1. The second-order valence-electron chi connectivity index (χ2n) is 13.5. The molecule has 2 saturated carbocycles. The van der Waals surface area contributed by atoms with Crippen LogP contribution in [0.15, 0.2) is 36.0 Å². The molecule has 0 saturated heterocycles. The highest BCUT2D eigenvalue weighted by Gasteiger charge is 2.59. The minimum atomic E-state index is -1.64. The third-order valence-corrected chi connectivity index (χ3v) is 10.7. The summed E-state index contributed by atoms with van der Waals surface area (Å²) in [6.07, 6.45) is 2.22. The van der Waals surface area contributed by atoms with Crippen LogP contribution in [0.4, 0.5) is 4.39 Å². The van der Waals surface area contributed by atoms with Crippen LogP contribution in [-0.2, 0) is 19.1 Å². The molecule has 1 aromatic rings. The molecule has 1 aliphatic heterocycles. The molecule has 11 heteroatoms. The summed E-state index contributed by atoms with van der Waals surface area (Å²) in [7, 11) is -1.28. The number of carbonyl (C=O) groups is 3. The molecule has 43 heavy (non-hydrogen) atoms. The number of ether oxygens (including phenoxy) is 2. The summed E-state index contributed by atoms with van der Waals surface area (Å²) in [4.78, 5) is 38.1. The summed E-state index contributed by atoms with van der Waals surface area (Å²) in [5.41, 5.74) is -1.03. The van der Waals surface area contributed by atoms with Crippen LogP contribution < -0.4 is 10.2 Å². The summed E-state index contributed by atoms with van der Waals surface area (Å²) in [5, 5.41) is 26.2. The van der Waals surface area contributed by atoms with E-state index in [1.807, 2.05) is 13.8 Å². The van der Waals surface area contributed by atoms with E-state index in [1.54, 1.807) is 24.3 Å². The lowest BCUT2D eigenvalue weighted by Crippen LogP contribution is -2.58. The highest BCUT2D eigenvalue weighted by Crippen LogP contribution is 2.62. The van der Waals surface area contributed by atoms with E-state index >= 15 is 4.39 Å². The maximum absolute atomic E-state index is 15.1. The number of hydrazone groups is 1. The molecule has 0 radical (unpaired) electrons. The molecule has 1 amide bonds. The normalized spacial score (nSPS) is 34.3. The second-order valence-corrected chi connectivity index (χ2v) is 13.5. The van der Waals surface area contributed by atoms with Crippen LogP contribution in [0.5, 0.6) is 5.75 Å². The van der Waals surface area contributed by atoms with Crippen LogP contribution in [0.25, 0.3) is 0 Å². The molecule has 9 nitrogen and oxygen atoms in total. The fourth-order valence-electron chi connectivity index (χ4n) is 7.47. The lowest BCUT2D eigenvalue weighted by atomic mass is 9.47. The Morgan fingerprint density at radius 2 is 1.98 bits per heavy atom. The van der Waals surface area contributed by atoms with Gasteiger partial charge in [0.15, 0.2) is 18.6 Å². The number of aliphatic hydroxyl groups excluding tert-OH is 1. The van der Waals surface area contributed by atoms with Crippen molar-refractivity contribution >= 4 is 36.4 Å². The van der Waals surface area contributed by atoms with E-state index in [2.05, 4.69) is 25.5 Å². The van der Waals surface area contributed by atoms with E-state index in [4.69, 9.17) is 9.47 Å². The van der Waals surface area contributed by atoms with Gasteiger partial charge in [-0.15, -0.1) is 6.58 Å². The average molecular weight is 599 g/mol. The molecule has 0 unspecified atom stereocenters. The number of aliphatic hydroxyl groups is 1. The molecule has 2 bridgehead atoms. The number of alkyl halides is 1. The van der Waals surface area contributed by atoms with Gasteiger partial charge in [-0.05, 0) is 79.4 Å². The molecule has 2 aliphatic carbocycles. The van der Waals surface area contributed by atoms with Crippen molar-refractivity contribution in [2.45, 2.75) is 92.0 Å². The zero-order valence-corrected chi connectivity index (χ0v) is 26.0. The SMILES string of the molecule is C=C[C@]1(C)C[C@@H](OC(=O)COc2ccc3c(c2)B(O)N(C(C)=O)N=C3)[C@@]2(C)C[C@](C[C@H](F)C(C)=O)(CC[C@H]2C)[C@@H](C)[C@@H]1O. The Labute approximate surface area is 253 Å². The maximum Gasteiger partial charge on any atom is 0.474 e. The third kappa shape index (κ3) is 6.16. The van der Waals surface area contributed by atoms with Crippen molar-refractivity contribution in [3.8, 4) is 5.75 Å². The summed E-state index contributed by atoms with van der Waals surface area (Å²) in [6, 6.07) is 4.87. The van der Waals surface area contributed by atoms with Gasteiger partial charge in [0.2, 0.25) is 5.91 Å². The first-order valence-corrected chi connectivity index (χ1v) is 15.0. The largest absolute Gasteiger partial charge is 0.482 e. The fourth-order valence-corrected chi connectivity index (χ4v) is 7.47. The van der Waals surface area contributed by atoms with Gasteiger partial charge in [-0.1, -0.05) is 39.8 Å². The molecule has 3 aliphatic rings. The minimum Gasteiger partial charge on any atom is -0.482 e. The average Bonchev–Trinajstić information content (AvgIpc) is 2.96. The molecule has 0 spiro atoms. The zero-order valence-electron chi connectivity index (χ0n) is 26.0. The Kier molecular flexibility index (Phi) is 9.29. The van der Waals surface area contributed by atoms with Gasteiger partial charge < -0.3 is 19.6 Å². The molecule has 1 heterocycles. The van der Waals surface area contributed by atoms with Crippen molar-refractivity contribution in [3.05, 3.63) is 36.4 Å². The maximum atomic E-state index is 15.1. The Morgan fingerprint density at radius 1 is 1.28 bits per heavy atom. The van der Waals surface area contributed by atoms with Crippen LogP contribution >= 0.6 is 0 Å². The first kappa shape index (κ1) is 32.9. The summed E-state index contributed by atoms with van der Waals surface area (Å²) >= 11 is 0. The summed E-state index contributed by atoms with van der Waals surface area (Å²) in [6.45, 7) is 14.1. The molecule has 4 rings (SSSR count). The van der Waals surface area contributed by atoms with E-state index in [0.29, 0.717) is 36.0 Å². The predicted molar refractivity (Wildman–Crippen MR) is 161 cm³/mol. The Balaban J connectivity index is 1.58. The number of Topliss-reactive ketones (excluding diaryl/α,β-unsaturated/α-hetero) is 1. The number of esters is 1. The number of hydrogen-bond acceptors (Lipinski definition) is 8. The van der Waals surface area contributed by atoms with Gasteiger partial charge >= 0.3 is 13.0 Å². The number of fused-ring (bicyclic) bond motifs is 3. The molecular weight excluding hydrogens is 554 g/mol. The van der Waals surface area contributed by atoms with Gasteiger partial charge in [-0.3, -0.25) is 9.59 Å². The van der Waals surface area contributed by atoms with Gasteiger partial charge in [0.05, 0.1) is 12.3 Å². The van der Waals surface area contributed by atoms with Crippen molar-refractivity contribution in [2.24, 2.45) is 33.2 Å². The molecule has 1 aromatic carbocycles. The number of rotatable bonds is 8. The van der Waals surface area contributed by atoms with E-state index in [9.17, 15) is 24.5 Å². The number of halogens is 1. The van der Waals surface area contributed by atoms with E-state index in [-0.39, 0.29) is 18.3 Å². The Hall–Kier alpha value is -3.05. The van der Waals surface area contributed by atoms with Crippen LogP contribution in [0.2, 0.25) is 0 Å². The first-order valence-electron chi connectivity index (χ1n) is 15.0. The number of ketones is 1. The van der Waals surface area contributed by atoms with Crippen LogP contribution in [0.1, 0.15) is 79.2 Å². The first-order chi connectivity index (χ1) is 20.1. The van der Waals surface area contributed by atoms with E-state index in [1.165, 1.54) is 20.1 Å².